The van der Waals surface area contributed by atoms with Crippen LogP contribution in [0.1, 0.15) is 33.6 Å². The highest BCUT2D eigenvalue weighted by Gasteiger charge is 2.16. The molecule has 0 heterocycles. The lowest BCUT2D eigenvalue weighted by molar-refractivity contribution is 0.0629. The summed E-state index contributed by atoms with van der Waals surface area (Å²) in [4.78, 5) is 0. The van der Waals surface area contributed by atoms with Gasteiger partial charge in [0.1, 0.15) is 0 Å². The van der Waals surface area contributed by atoms with Crippen molar-refractivity contribution in [3.8, 4) is 0 Å². The Hall–Kier alpha value is -0.340. The predicted molar refractivity (Wildman–Crippen MR) is 55.7 cm³/mol. The average molecular weight is 186 g/mol. The zero-order valence-corrected chi connectivity index (χ0v) is 9.21. The molecule has 2 unspecified atom stereocenters. The zero-order valence-electron chi connectivity index (χ0n) is 9.21. The van der Waals surface area contributed by atoms with E-state index in [1.165, 1.54) is 5.57 Å². The number of aliphatic hydroxyl groups excluding tert-OH is 1. The Labute approximate surface area is 81.6 Å². The summed E-state index contributed by atoms with van der Waals surface area (Å²) < 4.78 is 5.40. The van der Waals surface area contributed by atoms with Crippen LogP contribution in [0, 0.1) is 5.92 Å². The maximum Gasteiger partial charge on any atom is 0.0633 e. The fourth-order valence-corrected chi connectivity index (χ4v) is 1.48. The SMILES string of the molecule is CCCC(OC)C(C)/C(C)=C/CO. The summed E-state index contributed by atoms with van der Waals surface area (Å²) in [6, 6.07) is 0. The van der Waals surface area contributed by atoms with E-state index < -0.39 is 0 Å². The Kier molecular flexibility index (Phi) is 6.92. The van der Waals surface area contributed by atoms with Crippen molar-refractivity contribution >= 4 is 0 Å². The Bertz CT molecular complexity index is 152. The van der Waals surface area contributed by atoms with Gasteiger partial charge in [-0.1, -0.05) is 31.9 Å². The molecule has 0 aliphatic heterocycles. The fraction of sp³-hybridized carbons (Fsp3) is 0.818. The average Bonchev–Trinajstić information content (AvgIpc) is 2.13. The van der Waals surface area contributed by atoms with E-state index in [4.69, 9.17) is 9.84 Å². The van der Waals surface area contributed by atoms with Crippen LogP contribution >= 0.6 is 0 Å². The van der Waals surface area contributed by atoms with Gasteiger partial charge in [0.05, 0.1) is 12.7 Å². The molecule has 1 N–H and O–H groups in total. The van der Waals surface area contributed by atoms with Crippen LogP contribution in [-0.2, 0) is 4.74 Å². The number of hydrogen-bond donors (Lipinski definition) is 1. The van der Waals surface area contributed by atoms with Gasteiger partial charge in [0.15, 0.2) is 0 Å². The zero-order chi connectivity index (χ0) is 10.3. The summed E-state index contributed by atoms with van der Waals surface area (Å²) in [5.41, 5.74) is 1.21. The van der Waals surface area contributed by atoms with Crippen LogP contribution in [-0.4, -0.2) is 24.9 Å². The molecule has 0 fully saturated rings. The highest BCUT2D eigenvalue weighted by molar-refractivity contribution is 5.04. The standard InChI is InChI=1S/C11H22O2/c1-5-6-11(13-4)10(3)9(2)7-8-12/h7,10-12H,5-6,8H2,1-4H3/b9-7+. The van der Waals surface area contributed by atoms with Gasteiger partial charge in [0.25, 0.3) is 0 Å². The van der Waals surface area contributed by atoms with Gasteiger partial charge in [-0.05, 0) is 13.3 Å². The Morgan fingerprint density at radius 2 is 2.15 bits per heavy atom. The summed E-state index contributed by atoms with van der Waals surface area (Å²) in [5, 5.41) is 8.75. The van der Waals surface area contributed by atoms with E-state index in [1.54, 1.807) is 7.11 Å². The first-order valence-electron chi connectivity index (χ1n) is 4.97. The molecule has 78 valence electrons. The van der Waals surface area contributed by atoms with E-state index in [0.717, 1.165) is 12.8 Å². The van der Waals surface area contributed by atoms with Gasteiger partial charge < -0.3 is 9.84 Å². The number of aliphatic hydroxyl groups is 1. The third kappa shape index (κ3) is 4.44. The summed E-state index contributed by atoms with van der Waals surface area (Å²) >= 11 is 0. The van der Waals surface area contributed by atoms with Crippen LogP contribution in [0.4, 0.5) is 0 Å². The molecule has 0 amide bonds. The molecular weight excluding hydrogens is 164 g/mol. The minimum absolute atomic E-state index is 0.124. The molecule has 0 aromatic heterocycles. The van der Waals surface area contributed by atoms with Crippen molar-refractivity contribution < 1.29 is 9.84 Å². The molecule has 0 saturated heterocycles. The topological polar surface area (TPSA) is 29.5 Å². The van der Waals surface area contributed by atoms with Crippen molar-refractivity contribution in [2.24, 2.45) is 5.92 Å². The maximum absolute atomic E-state index is 8.75. The number of rotatable bonds is 6. The highest BCUT2D eigenvalue weighted by Crippen LogP contribution is 2.20. The molecule has 13 heavy (non-hydrogen) atoms. The molecule has 0 aliphatic carbocycles. The predicted octanol–water partition coefficient (Wildman–Crippen LogP) is 2.38. The highest BCUT2D eigenvalue weighted by atomic mass is 16.5. The first kappa shape index (κ1) is 12.7. The van der Waals surface area contributed by atoms with Crippen molar-refractivity contribution in [1.82, 2.24) is 0 Å². The second kappa shape index (κ2) is 7.10. The van der Waals surface area contributed by atoms with E-state index >= 15 is 0 Å². The summed E-state index contributed by atoms with van der Waals surface area (Å²) in [6.07, 6.45) is 4.35. The van der Waals surface area contributed by atoms with Crippen LogP contribution in [0.5, 0.6) is 0 Å². The molecule has 0 saturated carbocycles. The van der Waals surface area contributed by atoms with Crippen molar-refractivity contribution in [3.63, 3.8) is 0 Å². The van der Waals surface area contributed by atoms with Crippen LogP contribution in [0.2, 0.25) is 0 Å². The van der Waals surface area contributed by atoms with Crippen LogP contribution in [0.15, 0.2) is 11.6 Å². The molecule has 0 rings (SSSR count). The van der Waals surface area contributed by atoms with E-state index in [0.29, 0.717) is 5.92 Å². The molecule has 2 nitrogen and oxygen atoms in total. The van der Waals surface area contributed by atoms with Crippen molar-refractivity contribution in [1.29, 1.82) is 0 Å². The van der Waals surface area contributed by atoms with Crippen molar-refractivity contribution in [2.45, 2.75) is 39.7 Å². The molecule has 0 aromatic carbocycles. The first-order valence-corrected chi connectivity index (χ1v) is 4.97. The molecule has 2 atom stereocenters. The molecule has 0 radical (unpaired) electrons. The third-order valence-electron chi connectivity index (χ3n) is 2.57. The van der Waals surface area contributed by atoms with Gasteiger partial charge in [-0.3, -0.25) is 0 Å². The minimum atomic E-state index is 0.124. The van der Waals surface area contributed by atoms with Gasteiger partial charge in [-0.25, -0.2) is 0 Å². The monoisotopic (exact) mass is 186 g/mol. The Balaban J connectivity index is 4.18. The minimum Gasteiger partial charge on any atom is -0.392 e. The van der Waals surface area contributed by atoms with E-state index in [1.807, 2.05) is 13.0 Å². The molecule has 0 bridgehead atoms. The number of ether oxygens (including phenoxy) is 1. The quantitative estimate of drug-likeness (QED) is 0.645. The van der Waals surface area contributed by atoms with E-state index in [9.17, 15) is 0 Å². The molecular formula is C11H22O2. The summed E-state index contributed by atoms with van der Waals surface area (Å²) in [6.45, 7) is 6.47. The van der Waals surface area contributed by atoms with Crippen LogP contribution < -0.4 is 0 Å². The lowest BCUT2D eigenvalue weighted by atomic mass is 9.93. The maximum atomic E-state index is 8.75. The molecule has 2 heteroatoms. The summed E-state index contributed by atoms with van der Waals surface area (Å²) in [5.74, 6) is 0.400. The van der Waals surface area contributed by atoms with Gasteiger partial charge in [-0.15, -0.1) is 0 Å². The first-order chi connectivity index (χ1) is 6.17. The normalized spacial score (nSPS) is 17.2. The largest absolute Gasteiger partial charge is 0.392 e. The fourth-order valence-electron chi connectivity index (χ4n) is 1.48. The Morgan fingerprint density at radius 1 is 1.54 bits per heavy atom. The van der Waals surface area contributed by atoms with Gasteiger partial charge in [0, 0.05) is 13.0 Å². The number of hydrogen-bond acceptors (Lipinski definition) is 2. The number of methoxy groups -OCH3 is 1. The van der Waals surface area contributed by atoms with Crippen molar-refractivity contribution in [2.75, 3.05) is 13.7 Å². The molecule has 0 aromatic rings. The summed E-state index contributed by atoms with van der Waals surface area (Å²) in [7, 11) is 1.75. The van der Waals surface area contributed by atoms with Gasteiger partial charge in [-0.2, -0.15) is 0 Å². The molecule has 0 spiro atoms. The third-order valence-corrected chi connectivity index (χ3v) is 2.57. The lowest BCUT2D eigenvalue weighted by Gasteiger charge is -2.22. The van der Waals surface area contributed by atoms with Gasteiger partial charge in [0.2, 0.25) is 0 Å². The Morgan fingerprint density at radius 3 is 2.54 bits per heavy atom. The molecule has 0 aliphatic rings. The van der Waals surface area contributed by atoms with Crippen molar-refractivity contribution in [3.05, 3.63) is 11.6 Å². The smallest absolute Gasteiger partial charge is 0.0633 e. The van der Waals surface area contributed by atoms with E-state index in [-0.39, 0.29) is 12.7 Å². The second-order valence-corrected chi connectivity index (χ2v) is 3.48. The van der Waals surface area contributed by atoms with Crippen LogP contribution in [0.3, 0.4) is 0 Å². The van der Waals surface area contributed by atoms with E-state index in [2.05, 4.69) is 13.8 Å². The lowest BCUT2D eigenvalue weighted by Crippen LogP contribution is -2.21. The van der Waals surface area contributed by atoms with Crippen LogP contribution in [0.25, 0.3) is 0 Å². The second-order valence-electron chi connectivity index (χ2n) is 3.48. The van der Waals surface area contributed by atoms with Gasteiger partial charge >= 0.3 is 0 Å².